The number of ether oxygens (including phenoxy) is 2. The summed E-state index contributed by atoms with van der Waals surface area (Å²) in [5.74, 6) is 1.68. The van der Waals surface area contributed by atoms with Gasteiger partial charge in [-0.15, -0.1) is 0 Å². The van der Waals surface area contributed by atoms with Crippen molar-refractivity contribution in [1.82, 2.24) is 9.88 Å². The van der Waals surface area contributed by atoms with E-state index in [0.717, 1.165) is 31.4 Å². The molecule has 2 aromatic rings. The molecule has 0 N–H and O–H groups in total. The lowest BCUT2D eigenvalue weighted by Crippen LogP contribution is -2.49. The summed E-state index contributed by atoms with van der Waals surface area (Å²) in [6.07, 6.45) is 7.52. The molecule has 2 saturated heterocycles. The van der Waals surface area contributed by atoms with Gasteiger partial charge >= 0.3 is 0 Å². The summed E-state index contributed by atoms with van der Waals surface area (Å²) >= 11 is 0. The predicted octanol–water partition coefficient (Wildman–Crippen LogP) is 3.30. The first-order chi connectivity index (χ1) is 12.2. The van der Waals surface area contributed by atoms with Crippen LogP contribution in [0.3, 0.4) is 0 Å². The maximum Gasteiger partial charge on any atom is 0.254 e. The maximum absolute atomic E-state index is 13.0. The number of amides is 1. The molecular formula is C20H22N2O3. The number of hydrogen-bond donors (Lipinski definition) is 0. The molecule has 5 nitrogen and oxygen atoms in total. The molecule has 1 amide bonds. The molecule has 3 heterocycles. The van der Waals surface area contributed by atoms with Crippen LogP contribution < -0.4 is 9.47 Å². The molecular weight excluding hydrogens is 316 g/mol. The van der Waals surface area contributed by atoms with Gasteiger partial charge in [-0.05, 0) is 43.2 Å². The molecule has 1 aromatic carbocycles. The molecule has 2 aliphatic rings. The fourth-order valence-electron chi connectivity index (χ4n) is 4.07. The van der Waals surface area contributed by atoms with Gasteiger partial charge in [0.25, 0.3) is 5.91 Å². The summed E-state index contributed by atoms with van der Waals surface area (Å²) in [5, 5.41) is 0. The van der Waals surface area contributed by atoms with E-state index in [1.165, 1.54) is 0 Å². The Morgan fingerprint density at radius 1 is 1.08 bits per heavy atom. The monoisotopic (exact) mass is 338 g/mol. The molecule has 1 aromatic heterocycles. The molecule has 2 fully saturated rings. The normalized spacial score (nSPS) is 24.8. The number of nitrogens with zero attached hydrogens (tertiary/aromatic N) is 2. The smallest absolute Gasteiger partial charge is 0.254 e. The van der Waals surface area contributed by atoms with Gasteiger partial charge in [0.05, 0.1) is 7.11 Å². The van der Waals surface area contributed by atoms with Crippen molar-refractivity contribution >= 4 is 5.91 Å². The van der Waals surface area contributed by atoms with Crippen molar-refractivity contribution in [1.29, 1.82) is 0 Å². The molecule has 4 rings (SSSR count). The van der Waals surface area contributed by atoms with E-state index in [1.807, 2.05) is 36.4 Å². The van der Waals surface area contributed by atoms with Gasteiger partial charge in [-0.3, -0.25) is 9.78 Å². The van der Waals surface area contributed by atoms with E-state index in [-0.39, 0.29) is 24.1 Å². The standard InChI is InChI=1S/C20H22N2O3/c1-24-18-4-2-3-14(11-18)20(23)22-15-5-6-16(22)13-19(12-15)25-17-7-9-21-10-8-17/h2-4,7-11,15-16,19H,5-6,12-13H2,1H3. The van der Waals surface area contributed by atoms with E-state index < -0.39 is 0 Å². The average Bonchev–Trinajstić information content (AvgIpc) is 2.92. The number of aromatic nitrogens is 1. The lowest BCUT2D eigenvalue weighted by molar-refractivity contribution is 0.0358. The molecule has 2 bridgehead atoms. The highest BCUT2D eigenvalue weighted by Gasteiger charge is 2.44. The number of benzene rings is 1. The van der Waals surface area contributed by atoms with E-state index in [1.54, 1.807) is 19.5 Å². The summed E-state index contributed by atoms with van der Waals surface area (Å²) in [5.41, 5.74) is 0.699. The number of hydrogen-bond acceptors (Lipinski definition) is 4. The number of piperidine rings is 1. The van der Waals surface area contributed by atoms with Crippen molar-refractivity contribution in [2.45, 2.75) is 43.9 Å². The Kier molecular flexibility index (Phi) is 4.30. The van der Waals surface area contributed by atoms with Gasteiger partial charge in [0.2, 0.25) is 0 Å². The third-order valence-electron chi connectivity index (χ3n) is 5.19. The second kappa shape index (κ2) is 6.75. The van der Waals surface area contributed by atoms with Crippen LogP contribution >= 0.6 is 0 Å². The molecule has 0 spiro atoms. The highest BCUT2D eigenvalue weighted by Crippen LogP contribution is 2.38. The molecule has 2 aliphatic heterocycles. The number of rotatable bonds is 4. The van der Waals surface area contributed by atoms with Crippen LogP contribution in [0.1, 0.15) is 36.0 Å². The van der Waals surface area contributed by atoms with Gasteiger partial charge in [-0.25, -0.2) is 0 Å². The third-order valence-corrected chi connectivity index (χ3v) is 5.19. The van der Waals surface area contributed by atoms with E-state index in [9.17, 15) is 4.79 Å². The first-order valence-corrected chi connectivity index (χ1v) is 8.78. The van der Waals surface area contributed by atoms with Crippen LogP contribution in [-0.2, 0) is 0 Å². The van der Waals surface area contributed by atoms with Crippen LogP contribution in [0.5, 0.6) is 11.5 Å². The number of carbonyl (C=O) groups excluding carboxylic acids is 1. The predicted molar refractivity (Wildman–Crippen MR) is 93.9 cm³/mol. The van der Waals surface area contributed by atoms with Crippen LogP contribution in [0.2, 0.25) is 0 Å². The van der Waals surface area contributed by atoms with Crippen LogP contribution in [0.15, 0.2) is 48.8 Å². The average molecular weight is 338 g/mol. The lowest BCUT2D eigenvalue weighted by Gasteiger charge is -2.39. The Morgan fingerprint density at radius 2 is 1.80 bits per heavy atom. The van der Waals surface area contributed by atoms with Crippen molar-refractivity contribution in [3.05, 3.63) is 54.4 Å². The minimum absolute atomic E-state index is 0.105. The van der Waals surface area contributed by atoms with Crippen LogP contribution in [-0.4, -0.2) is 41.1 Å². The Morgan fingerprint density at radius 3 is 2.48 bits per heavy atom. The van der Waals surface area contributed by atoms with E-state index in [4.69, 9.17) is 9.47 Å². The summed E-state index contributed by atoms with van der Waals surface area (Å²) in [6.45, 7) is 0. The highest BCUT2D eigenvalue weighted by molar-refractivity contribution is 5.95. The largest absolute Gasteiger partial charge is 0.497 e. The third kappa shape index (κ3) is 3.18. The quantitative estimate of drug-likeness (QED) is 0.858. The van der Waals surface area contributed by atoms with Gasteiger partial charge < -0.3 is 14.4 Å². The molecule has 5 heteroatoms. The highest BCUT2D eigenvalue weighted by atomic mass is 16.5. The molecule has 0 radical (unpaired) electrons. The minimum Gasteiger partial charge on any atom is -0.497 e. The van der Waals surface area contributed by atoms with Crippen LogP contribution in [0.4, 0.5) is 0 Å². The van der Waals surface area contributed by atoms with E-state index in [0.29, 0.717) is 11.3 Å². The summed E-state index contributed by atoms with van der Waals surface area (Å²) < 4.78 is 11.4. The van der Waals surface area contributed by atoms with Gasteiger partial charge in [0.1, 0.15) is 17.6 Å². The zero-order chi connectivity index (χ0) is 17.2. The van der Waals surface area contributed by atoms with E-state index in [2.05, 4.69) is 9.88 Å². The number of fused-ring (bicyclic) bond motifs is 2. The van der Waals surface area contributed by atoms with Gasteiger partial charge in [-0.1, -0.05) is 6.07 Å². The van der Waals surface area contributed by atoms with Crippen molar-refractivity contribution in [3.8, 4) is 11.5 Å². The fourth-order valence-corrected chi connectivity index (χ4v) is 4.07. The molecule has 0 aliphatic carbocycles. The van der Waals surface area contributed by atoms with Gasteiger partial charge in [0, 0.05) is 42.9 Å². The number of carbonyl (C=O) groups is 1. The Balaban J connectivity index is 1.47. The maximum atomic E-state index is 13.0. The Bertz CT molecular complexity index is 736. The SMILES string of the molecule is COc1cccc(C(=O)N2C3CCC2CC(Oc2ccncc2)C3)c1. The molecule has 25 heavy (non-hydrogen) atoms. The van der Waals surface area contributed by atoms with Crippen molar-refractivity contribution in [3.63, 3.8) is 0 Å². The zero-order valence-corrected chi connectivity index (χ0v) is 14.3. The molecule has 0 saturated carbocycles. The number of pyridine rings is 1. The minimum atomic E-state index is 0.105. The summed E-state index contributed by atoms with van der Waals surface area (Å²) in [4.78, 5) is 19.1. The van der Waals surface area contributed by atoms with Gasteiger partial charge in [-0.2, -0.15) is 0 Å². The molecule has 2 atom stereocenters. The first-order valence-electron chi connectivity index (χ1n) is 8.78. The van der Waals surface area contributed by atoms with Crippen molar-refractivity contribution < 1.29 is 14.3 Å². The second-order valence-corrected chi connectivity index (χ2v) is 6.72. The summed E-state index contributed by atoms with van der Waals surface area (Å²) in [6, 6.07) is 11.7. The second-order valence-electron chi connectivity index (χ2n) is 6.72. The first kappa shape index (κ1) is 15.9. The van der Waals surface area contributed by atoms with Crippen LogP contribution in [0, 0.1) is 0 Å². The molecule has 130 valence electrons. The fraction of sp³-hybridized carbons (Fsp3) is 0.400. The van der Waals surface area contributed by atoms with Crippen molar-refractivity contribution in [2.75, 3.05) is 7.11 Å². The zero-order valence-electron chi connectivity index (χ0n) is 14.3. The Labute approximate surface area is 147 Å². The topological polar surface area (TPSA) is 51.7 Å². The lowest BCUT2D eigenvalue weighted by atomic mass is 9.98. The summed E-state index contributed by atoms with van der Waals surface area (Å²) in [7, 11) is 1.62. The van der Waals surface area contributed by atoms with Crippen molar-refractivity contribution in [2.24, 2.45) is 0 Å². The number of methoxy groups -OCH3 is 1. The Hall–Kier alpha value is -2.56. The van der Waals surface area contributed by atoms with Gasteiger partial charge in [0.15, 0.2) is 0 Å². The van der Waals surface area contributed by atoms with Crippen LogP contribution in [0.25, 0.3) is 0 Å². The molecule has 2 unspecified atom stereocenters. The van der Waals surface area contributed by atoms with E-state index >= 15 is 0 Å².